The molecule has 1 aromatic heterocycles. The van der Waals surface area contributed by atoms with Gasteiger partial charge in [-0.25, -0.2) is 8.42 Å². The average Bonchev–Trinajstić information content (AvgIpc) is 2.57. The number of aromatic nitrogens is 1. The predicted molar refractivity (Wildman–Crippen MR) is 62.1 cm³/mol. The summed E-state index contributed by atoms with van der Waals surface area (Å²) in [6, 6.07) is 5.46. The van der Waals surface area contributed by atoms with Gasteiger partial charge in [-0.15, -0.1) is 0 Å². The van der Waals surface area contributed by atoms with Gasteiger partial charge in [0.25, 0.3) is 0 Å². The molecule has 0 saturated heterocycles. The minimum atomic E-state index is -3.47. The Bertz CT molecular complexity index is 618. The van der Waals surface area contributed by atoms with Gasteiger partial charge < -0.3 is 4.52 Å². The van der Waals surface area contributed by atoms with Crippen LogP contribution < -0.4 is 0 Å². The highest BCUT2D eigenvalue weighted by Crippen LogP contribution is 2.23. The summed E-state index contributed by atoms with van der Waals surface area (Å²) >= 11 is 0. The van der Waals surface area contributed by atoms with Crippen LogP contribution in [0.5, 0.6) is 0 Å². The summed E-state index contributed by atoms with van der Waals surface area (Å²) in [4.78, 5) is 0. The van der Waals surface area contributed by atoms with Crippen molar-refractivity contribution in [3.05, 3.63) is 29.5 Å². The minimum absolute atomic E-state index is 0.0850. The third kappa shape index (κ3) is 2.36. The van der Waals surface area contributed by atoms with Crippen molar-refractivity contribution in [1.82, 2.24) is 5.16 Å². The Morgan fingerprint density at radius 3 is 2.88 bits per heavy atom. The van der Waals surface area contributed by atoms with Crippen LogP contribution in [0.25, 0.3) is 11.0 Å². The molecule has 1 aromatic carbocycles. The monoisotopic (exact) mass is 259 g/mol. The number of aryl methyl sites for hydroxylation is 2. The van der Waals surface area contributed by atoms with Gasteiger partial charge in [-0.1, -0.05) is 17.3 Å². The van der Waals surface area contributed by atoms with Crippen molar-refractivity contribution in [3.8, 4) is 0 Å². The maximum atomic E-state index is 10.9. The molecule has 0 spiro atoms. The van der Waals surface area contributed by atoms with Crippen molar-refractivity contribution in [2.75, 3.05) is 5.75 Å². The quantitative estimate of drug-likeness (QED) is 0.793. The van der Waals surface area contributed by atoms with E-state index in [1.54, 1.807) is 6.07 Å². The van der Waals surface area contributed by atoms with E-state index >= 15 is 0 Å². The van der Waals surface area contributed by atoms with E-state index in [9.17, 15) is 8.42 Å². The molecule has 86 valence electrons. The predicted octanol–water partition coefficient (Wildman–Crippen LogP) is 2.25. The Hall–Kier alpha value is -1.07. The number of halogens is 1. The van der Waals surface area contributed by atoms with Gasteiger partial charge >= 0.3 is 0 Å². The van der Waals surface area contributed by atoms with Crippen LogP contribution >= 0.6 is 10.7 Å². The van der Waals surface area contributed by atoms with Crippen LogP contribution in [0.3, 0.4) is 0 Å². The smallest absolute Gasteiger partial charge is 0.232 e. The fraction of sp³-hybridized carbons (Fsp3) is 0.300. The van der Waals surface area contributed by atoms with Crippen LogP contribution in [0.1, 0.15) is 11.3 Å². The van der Waals surface area contributed by atoms with Crippen LogP contribution in [-0.2, 0) is 15.5 Å². The Kier molecular flexibility index (Phi) is 2.90. The number of rotatable bonds is 3. The molecule has 0 N–H and O–H groups in total. The highest BCUT2D eigenvalue weighted by Gasteiger charge is 2.12. The van der Waals surface area contributed by atoms with E-state index in [4.69, 9.17) is 15.2 Å². The molecule has 16 heavy (non-hydrogen) atoms. The normalized spacial score (nSPS) is 12.1. The molecule has 0 amide bonds. The zero-order chi connectivity index (χ0) is 11.8. The molecule has 0 unspecified atom stereocenters. The summed E-state index contributed by atoms with van der Waals surface area (Å²) in [6.07, 6.45) is 0.366. The van der Waals surface area contributed by atoms with Gasteiger partial charge in [-0.2, -0.15) is 0 Å². The van der Waals surface area contributed by atoms with Gasteiger partial charge in [0.1, 0.15) is 0 Å². The highest BCUT2D eigenvalue weighted by molar-refractivity contribution is 8.13. The van der Waals surface area contributed by atoms with Crippen molar-refractivity contribution in [3.63, 3.8) is 0 Å². The lowest BCUT2D eigenvalue weighted by molar-refractivity contribution is 0.450. The van der Waals surface area contributed by atoms with E-state index in [1.807, 2.05) is 19.1 Å². The summed E-state index contributed by atoms with van der Waals surface area (Å²) in [6.45, 7) is 1.82. The molecule has 0 radical (unpaired) electrons. The molecule has 0 fully saturated rings. The third-order valence-corrected chi connectivity index (χ3v) is 3.53. The average molecular weight is 260 g/mol. The topological polar surface area (TPSA) is 60.2 Å². The Morgan fingerprint density at radius 1 is 1.44 bits per heavy atom. The van der Waals surface area contributed by atoms with Gasteiger partial charge in [0.05, 0.1) is 11.4 Å². The molecule has 4 nitrogen and oxygen atoms in total. The summed E-state index contributed by atoms with van der Waals surface area (Å²) in [7, 11) is 1.72. The second-order valence-corrected chi connectivity index (χ2v) is 6.45. The molecule has 0 aliphatic carbocycles. The van der Waals surface area contributed by atoms with Crippen molar-refractivity contribution in [2.24, 2.45) is 0 Å². The Balaban J connectivity index is 2.40. The maximum Gasteiger partial charge on any atom is 0.232 e. The number of hydrogen-bond acceptors (Lipinski definition) is 4. The molecular formula is C10H10ClNO3S. The molecule has 0 bridgehead atoms. The molecule has 0 saturated carbocycles. The van der Waals surface area contributed by atoms with Gasteiger partial charge in [-0.05, 0) is 25.0 Å². The van der Waals surface area contributed by atoms with Crippen molar-refractivity contribution >= 4 is 30.7 Å². The largest absolute Gasteiger partial charge is 0.356 e. The molecule has 0 atom stereocenters. The molecular weight excluding hydrogens is 250 g/mol. The van der Waals surface area contributed by atoms with E-state index in [0.717, 1.165) is 16.6 Å². The third-order valence-electron chi connectivity index (χ3n) is 2.37. The van der Waals surface area contributed by atoms with Gasteiger partial charge in [0.15, 0.2) is 5.58 Å². The number of fused-ring (bicyclic) bond motifs is 1. The highest BCUT2D eigenvalue weighted by atomic mass is 35.7. The lowest BCUT2D eigenvalue weighted by atomic mass is 10.1. The van der Waals surface area contributed by atoms with Crippen LogP contribution in [-0.4, -0.2) is 19.3 Å². The number of nitrogens with zero attached hydrogens (tertiary/aromatic N) is 1. The molecule has 0 aliphatic rings. The van der Waals surface area contributed by atoms with Gasteiger partial charge in [0, 0.05) is 16.1 Å². The first-order valence-corrected chi connectivity index (χ1v) is 7.21. The zero-order valence-electron chi connectivity index (χ0n) is 8.60. The molecule has 1 heterocycles. The van der Waals surface area contributed by atoms with E-state index in [2.05, 4.69) is 5.16 Å². The van der Waals surface area contributed by atoms with Crippen LogP contribution in [0.4, 0.5) is 0 Å². The number of hydrogen-bond donors (Lipinski definition) is 0. The second-order valence-electron chi connectivity index (χ2n) is 3.55. The van der Waals surface area contributed by atoms with E-state index in [-0.39, 0.29) is 5.75 Å². The summed E-state index contributed by atoms with van der Waals surface area (Å²) in [5.74, 6) is -0.0850. The molecule has 2 aromatic rings. The van der Waals surface area contributed by atoms with Crippen molar-refractivity contribution in [2.45, 2.75) is 13.3 Å². The van der Waals surface area contributed by atoms with Crippen LogP contribution in [0, 0.1) is 6.92 Å². The van der Waals surface area contributed by atoms with E-state index < -0.39 is 9.05 Å². The summed E-state index contributed by atoms with van der Waals surface area (Å²) in [5.41, 5.74) is 2.32. The Morgan fingerprint density at radius 2 is 2.19 bits per heavy atom. The zero-order valence-corrected chi connectivity index (χ0v) is 10.2. The Labute approximate surface area is 97.6 Å². The van der Waals surface area contributed by atoms with E-state index in [0.29, 0.717) is 12.0 Å². The summed E-state index contributed by atoms with van der Waals surface area (Å²) < 4.78 is 26.9. The van der Waals surface area contributed by atoms with Gasteiger partial charge in [0.2, 0.25) is 9.05 Å². The van der Waals surface area contributed by atoms with Gasteiger partial charge in [-0.3, -0.25) is 0 Å². The van der Waals surface area contributed by atoms with Crippen LogP contribution in [0.15, 0.2) is 22.7 Å². The lowest BCUT2D eigenvalue weighted by Gasteiger charge is -2.00. The minimum Gasteiger partial charge on any atom is -0.356 e. The first-order valence-electron chi connectivity index (χ1n) is 4.73. The molecule has 2 rings (SSSR count). The number of benzene rings is 1. The second kappa shape index (κ2) is 4.07. The van der Waals surface area contributed by atoms with E-state index in [1.165, 1.54) is 0 Å². The van der Waals surface area contributed by atoms with Crippen molar-refractivity contribution < 1.29 is 12.9 Å². The molecule has 6 heteroatoms. The lowest BCUT2D eigenvalue weighted by Crippen LogP contribution is -2.01. The standard InChI is InChI=1S/C10H10ClNO3S/c1-7-10-8(5-6-16(11,13)14)3-2-4-9(10)15-12-7/h2-4H,5-6H2,1H3. The first kappa shape index (κ1) is 11.4. The SMILES string of the molecule is Cc1noc2cccc(CCS(=O)(=O)Cl)c12. The van der Waals surface area contributed by atoms with Crippen LogP contribution in [0.2, 0.25) is 0 Å². The fourth-order valence-corrected chi connectivity index (χ4v) is 2.36. The fourth-order valence-electron chi connectivity index (χ4n) is 1.67. The maximum absolute atomic E-state index is 10.9. The van der Waals surface area contributed by atoms with Crippen molar-refractivity contribution in [1.29, 1.82) is 0 Å². The summed E-state index contributed by atoms with van der Waals surface area (Å²) in [5, 5.41) is 4.72. The first-order chi connectivity index (χ1) is 7.47. The molecule has 0 aliphatic heterocycles.